The Morgan fingerprint density at radius 1 is 1.23 bits per heavy atom. The van der Waals surface area contributed by atoms with Gasteiger partial charge in [-0.25, -0.2) is 12.7 Å². The number of nitrogens with one attached hydrogen (secondary N) is 1. The Morgan fingerprint density at radius 2 is 1.96 bits per heavy atom. The SMILES string of the molecule is Cc1ccc(Cl)cc1NC(=O)c1cccc(N2C(=O)C(C)CS2(=O)=O)c1. The summed E-state index contributed by atoms with van der Waals surface area (Å²) in [6.45, 7) is 3.40. The summed E-state index contributed by atoms with van der Waals surface area (Å²) in [4.78, 5) is 24.8. The molecular formula is C18H17ClN2O4S. The van der Waals surface area contributed by atoms with E-state index in [0.717, 1.165) is 9.87 Å². The molecule has 0 bridgehead atoms. The van der Waals surface area contributed by atoms with E-state index < -0.39 is 27.8 Å². The predicted octanol–water partition coefficient (Wildman–Crippen LogP) is 3.21. The second kappa shape index (κ2) is 6.74. The fourth-order valence-corrected chi connectivity index (χ4v) is 4.77. The number of carbonyl (C=O) groups is 2. The van der Waals surface area contributed by atoms with Crippen molar-refractivity contribution in [1.82, 2.24) is 0 Å². The Hall–Kier alpha value is -2.38. The summed E-state index contributed by atoms with van der Waals surface area (Å²) < 4.78 is 25.2. The average Bonchev–Trinajstić information content (AvgIpc) is 2.78. The van der Waals surface area contributed by atoms with Crippen LogP contribution in [-0.2, 0) is 14.8 Å². The van der Waals surface area contributed by atoms with Crippen molar-refractivity contribution in [3.05, 3.63) is 58.6 Å². The maximum atomic E-state index is 12.5. The third kappa shape index (κ3) is 3.45. The lowest BCUT2D eigenvalue weighted by Crippen LogP contribution is -2.30. The Morgan fingerprint density at radius 3 is 2.62 bits per heavy atom. The molecule has 0 aromatic heterocycles. The molecule has 3 rings (SSSR count). The van der Waals surface area contributed by atoms with Gasteiger partial charge >= 0.3 is 0 Å². The first-order valence-corrected chi connectivity index (χ1v) is 9.92. The molecule has 136 valence electrons. The number of rotatable bonds is 3. The van der Waals surface area contributed by atoms with Gasteiger partial charge < -0.3 is 5.32 Å². The topological polar surface area (TPSA) is 83.6 Å². The number of halogens is 1. The van der Waals surface area contributed by atoms with Crippen molar-refractivity contribution in [3.8, 4) is 0 Å². The van der Waals surface area contributed by atoms with Crippen LogP contribution in [0.1, 0.15) is 22.8 Å². The van der Waals surface area contributed by atoms with E-state index in [2.05, 4.69) is 5.32 Å². The van der Waals surface area contributed by atoms with E-state index in [9.17, 15) is 18.0 Å². The molecule has 0 radical (unpaired) electrons. The van der Waals surface area contributed by atoms with Crippen molar-refractivity contribution in [2.75, 3.05) is 15.4 Å². The average molecular weight is 393 g/mol. The molecule has 2 aromatic carbocycles. The molecule has 1 atom stereocenters. The van der Waals surface area contributed by atoms with Crippen LogP contribution in [-0.4, -0.2) is 26.0 Å². The van der Waals surface area contributed by atoms with E-state index >= 15 is 0 Å². The minimum Gasteiger partial charge on any atom is -0.322 e. The first-order chi connectivity index (χ1) is 12.2. The highest BCUT2D eigenvalue weighted by Crippen LogP contribution is 2.29. The smallest absolute Gasteiger partial charge is 0.255 e. The largest absolute Gasteiger partial charge is 0.322 e. The van der Waals surface area contributed by atoms with E-state index in [1.807, 2.05) is 6.92 Å². The fourth-order valence-electron chi connectivity index (χ4n) is 2.78. The highest BCUT2D eigenvalue weighted by Gasteiger charge is 2.42. The van der Waals surface area contributed by atoms with Gasteiger partial charge in [-0.2, -0.15) is 0 Å². The van der Waals surface area contributed by atoms with Crippen molar-refractivity contribution in [2.45, 2.75) is 13.8 Å². The van der Waals surface area contributed by atoms with Gasteiger partial charge in [0.15, 0.2) is 0 Å². The number of hydrogen-bond donors (Lipinski definition) is 1. The zero-order valence-electron chi connectivity index (χ0n) is 14.2. The molecule has 2 amide bonds. The summed E-state index contributed by atoms with van der Waals surface area (Å²) in [5.74, 6) is -1.75. The number of amides is 2. The molecular weight excluding hydrogens is 376 g/mol. The molecule has 1 heterocycles. The van der Waals surface area contributed by atoms with Crippen LogP contribution in [0.4, 0.5) is 11.4 Å². The summed E-state index contributed by atoms with van der Waals surface area (Å²) in [6.07, 6.45) is 0. The molecule has 0 aliphatic carbocycles. The summed E-state index contributed by atoms with van der Waals surface area (Å²) >= 11 is 5.96. The summed E-state index contributed by atoms with van der Waals surface area (Å²) in [5.41, 5.74) is 1.80. The fraction of sp³-hybridized carbons (Fsp3) is 0.222. The molecule has 8 heteroatoms. The van der Waals surface area contributed by atoms with Crippen LogP contribution < -0.4 is 9.62 Å². The molecule has 1 aliphatic heterocycles. The van der Waals surface area contributed by atoms with Gasteiger partial charge in [-0.3, -0.25) is 9.59 Å². The van der Waals surface area contributed by atoms with Gasteiger partial charge in [-0.05, 0) is 42.8 Å². The molecule has 2 aromatic rings. The second-order valence-corrected chi connectivity index (χ2v) is 8.54. The lowest BCUT2D eigenvalue weighted by atomic mass is 10.1. The predicted molar refractivity (Wildman–Crippen MR) is 101 cm³/mol. The van der Waals surface area contributed by atoms with Crippen LogP contribution in [0.5, 0.6) is 0 Å². The normalized spacial score (nSPS) is 18.8. The molecule has 1 saturated heterocycles. The molecule has 0 spiro atoms. The number of sulfonamides is 1. The van der Waals surface area contributed by atoms with Gasteiger partial charge in [0.25, 0.3) is 5.91 Å². The second-order valence-electron chi connectivity index (χ2n) is 6.25. The number of anilines is 2. The molecule has 1 N–H and O–H groups in total. The first kappa shape index (κ1) is 18.4. The van der Waals surface area contributed by atoms with Crippen molar-refractivity contribution < 1.29 is 18.0 Å². The molecule has 6 nitrogen and oxygen atoms in total. The monoisotopic (exact) mass is 392 g/mol. The van der Waals surface area contributed by atoms with Gasteiger partial charge in [0.1, 0.15) is 0 Å². The van der Waals surface area contributed by atoms with E-state index in [4.69, 9.17) is 11.6 Å². The van der Waals surface area contributed by atoms with Crippen molar-refractivity contribution in [3.63, 3.8) is 0 Å². The summed E-state index contributed by atoms with van der Waals surface area (Å²) in [7, 11) is -3.72. The Bertz CT molecular complexity index is 1000. The summed E-state index contributed by atoms with van der Waals surface area (Å²) in [5, 5.41) is 3.24. The van der Waals surface area contributed by atoms with Gasteiger partial charge in [-0.15, -0.1) is 0 Å². The van der Waals surface area contributed by atoms with Crippen molar-refractivity contribution in [1.29, 1.82) is 0 Å². The molecule has 1 aliphatic rings. The van der Waals surface area contributed by atoms with E-state index in [-0.39, 0.29) is 17.0 Å². The van der Waals surface area contributed by atoms with Gasteiger partial charge in [0.2, 0.25) is 15.9 Å². The lowest BCUT2D eigenvalue weighted by Gasteiger charge is -2.16. The molecule has 1 unspecified atom stereocenters. The number of benzene rings is 2. The van der Waals surface area contributed by atoms with Crippen molar-refractivity contribution >= 4 is 44.8 Å². The zero-order valence-corrected chi connectivity index (χ0v) is 15.8. The number of carbonyl (C=O) groups excluding carboxylic acids is 2. The highest BCUT2D eigenvalue weighted by atomic mass is 35.5. The van der Waals surface area contributed by atoms with E-state index in [1.165, 1.54) is 12.1 Å². The number of nitrogens with zero attached hydrogens (tertiary/aromatic N) is 1. The van der Waals surface area contributed by atoms with E-state index in [1.54, 1.807) is 37.3 Å². The van der Waals surface area contributed by atoms with Gasteiger partial charge in [0, 0.05) is 16.3 Å². The van der Waals surface area contributed by atoms with Crippen molar-refractivity contribution in [2.24, 2.45) is 5.92 Å². The minimum absolute atomic E-state index is 0.162. The van der Waals surface area contributed by atoms with Crippen LogP contribution in [0.2, 0.25) is 5.02 Å². The van der Waals surface area contributed by atoms with Crippen LogP contribution in [0, 0.1) is 12.8 Å². The number of aryl methyl sites for hydroxylation is 1. The third-order valence-electron chi connectivity index (χ3n) is 4.15. The Kier molecular flexibility index (Phi) is 4.77. The van der Waals surface area contributed by atoms with Gasteiger partial charge in [0.05, 0.1) is 17.4 Å². The molecule has 1 fully saturated rings. The lowest BCUT2D eigenvalue weighted by molar-refractivity contribution is -0.119. The first-order valence-electron chi connectivity index (χ1n) is 7.93. The standard InChI is InChI=1S/C18H17ClN2O4S/c1-11-6-7-14(19)9-16(11)20-17(22)13-4-3-5-15(8-13)21-18(23)12(2)10-26(21,24)25/h3-9,12H,10H2,1-2H3,(H,20,22). The Labute approximate surface area is 156 Å². The number of hydrogen-bond acceptors (Lipinski definition) is 4. The minimum atomic E-state index is -3.72. The van der Waals surface area contributed by atoms with E-state index in [0.29, 0.717) is 10.7 Å². The maximum Gasteiger partial charge on any atom is 0.255 e. The van der Waals surface area contributed by atoms with Crippen LogP contribution in [0.15, 0.2) is 42.5 Å². The quantitative estimate of drug-likeness (QED) is 0.869. The summed E-state index contributed by atoms with van der Waals surface area (Å²) in [6, 6.07) is 11.1. The third-order valence-corrected chi connectivity index (χ3v) is 6.25. The van der Waals surface area contributed by atoms with Gasteiger partial charge in [-0.1, -0.05) is 30.7 Å². The zero-order chi connectivity index (χ0) is 19.1. The van der Waals surface area contributed by atoms with Crippen LogP contribution in [0.25, 0.3) is 0 Å². The highest BCUT2D eigenvalue weighted by molar-refractivity contribution is 7.94. The molecule has 26 heavy (non-hydrogen) atoms. The Balaban J connectivity index is 1.91. The molecule has 0 saturated carbocycles. The van der Waals surface area contributed by atoms with Crippen LogP contribution in [0.3, 0.4) is 0 Å². The van der Waals surface area contributed by atoms with Crippen LogP contribution >= 0.6 is 11.6 Å². The maximum absolute atomic E-state index is 12.5.